The Kier molecular flexibility index (Phi) is 3.62. The number of hydrogen-bond acceptors (Lipinski definition) is 0. The fourth-order valence-electron chi connectivity index (χ4n) is 1.65. The maximum Gasteiger partial charge on any atom is 0.194 e. The highest BCUT2D eigenvalue weighted by atomic mass is 35.5. The van der Waals surface area contributed by atoms with Gasteiger partial charge in [-0.1, -0.05) is 29.8 Å². The molecule has 4 heteroatoms. The van der Waals surface area contributed by atoms with Gasteiger partial charge in [-0.2, -0.15) is 0 Å². The molecule has 0 spiro atoms. The van der Waals surface area contributed by atoms with Crippen molar-refractivity contribution < 1.29 is 13.2 Å². The van der Waals surface area contributed by atoms with E-state index in [2.05, 4.69) is 0 Å². The Balaban J connectivity index is 2.39. The topological polar surface area (TPSA) is 0 Å². The van der Waals surface area contributed by atoms with E-state index >= 15 is 0 Å². The molecule has 1 unspecified atom stereocenters. The minimum Gasteiger partial charge on any atom is -0.204 e. The van der Waals surface area contributed by atoms with Crippen molar-refractivity contribution in [3.63, 3.8) is 0 Å². The molecular formula is C14H10ClF3. The summed E-state index contributed by atoms with van der Waals surface area (Å²) in [7, 11) is 0. The second-order valence-corrected chi connectivity index (χ2v) is 4.51. The highest BCUT2D eigenvalue weighted by Gasteiger charge is 2.16. The van der Waals surface area contributed by atoms with Gasteiger partial charge in [0.15, 0.2) is 17.5 Å². The lowest BCUT2D eigenvalue weighted by Crippen LogP contribution is -1.99. The van der Waals surface area contributed by atoms with Gasteiger partial charge < -0.3 is 0 Å². The van der Waals surface area contributed by atoms with Crippen molar-refractivity contribution in [1.82, 2.24) is 0 Å². The number of benzene rings is 2. The Hall–Kier alpha value is -1.48. The number of rotatable bonds is 2. The standard InChI is InChI=1S/C14H10ClF3/c1-8-2-4-9(5-3-8)13(15)10-6-11(16)14(18)12(17)7-10/h2-7,13H,1H3. The molecule has 2 rings (SSSR count). The van der Waals surface area contributed by atoms with Crippen LogP contribution in [-0.4, -0.2) is 0 Å². The molecule has 0 nitrogen and oxygen atoms in total. The van der Waals surface area contributed by atoms with Crippen LogP contribution in [0.25, 0.3) is 0 Å². The van der Waals surface area contributed by atoms with Gasteiger partial charge in [-0.05, 0) is 30.2 Å². The number of aryl methyl sites for hydroxylation is 1. The van der Waals surface area contributed by atoms with E-state index in [1.165, 1.54) is 0 Å². The molecule has 0 aliphatic heterocycles. The van der Waals surface area contributed by atoms with Crippen molar-refractivity contribution in [2.24, 2.45) is 0 Å². The van der Waals surface area contributed by atoms with Gasteiger partial charge in [0.05, 0.1) is 5.38 Å². The van der Waals surface area contributed by atoms with Gasteiger partial charge in [-0.3, -0.25) is 0 Å². The fraction of sp³-hybridized carbons (Fsp3) is 0.143. The number of halogens is 4. The van der Waals surface area contributed by atoms with Crippen LogP contribution in [0.4, 0.5) is 13.2 Å². The van der Waals surface area contributed by atoms with Crippen molar-refractivity contribution in [1.29, 1.82) is 0 Å². The Morgan fingerprint density at radius 1 is 0.889 bits per heavy atom. The van der Waals surface area contributed by atoms with Crippen LogP contribution in [0.15, 0.2) is 36.4 Å². The second-order valence-electron chi connectivity index (χ2n) is 4.07. The first-order valence-corrected chi connectivity index (χ1v) is 5.78. The van der Waals surface area contributed by atoms with Crippen LogP contribution in [0.1, 0.15) is 22.1 Å². The third-order valence-electron chi connectivity index (χ3n) is 2.67. The molecule has 0 N–H and O–H groups in total. The Morgan fingerprint density at radius 3 is 1.89 bits per heavy atom. The van der Waals surface area contributed by atoms with Crippen molar-refractivity contribution in [3.8, 4) is 0 Å². The molecule has 0 heterocycles. The quantitative estimate of drug-likeness (QED) is 0.546. The van der Waals surface area contributed by atoms with Crippen molar-refractivity contribution in [3.05, 3.63) is 70.5 Å². The highest BCUT2D eigenvalue weighted by Crippen LogP contribution is 2.30. The van der Waals surface area contributed by atoms with E-state index in [1.54, 1.807) is 12.1 Å². The third-order valence-corrected chi connectivity index (χ3v) is 3.17. The molecule has 0 radical (unpaired) electrons. The van der Waals surface area contributed by atoms with E-state index in [0.29, 0.717) is 5.56 Å². The molecule has 2 aromatic rings. The minimum absolute atomic E-state index is 0.192. The van der Waals surface area contributed by atoms with Crippen molar-refractivity contribution in [2.75, 3.05) is 0 Å². The van der Waals surface area contributed by atoms with Crippen LogP contribution in [0, 0.1) is 24.4 Å². The first-order chi connectivity index (χ1) is 8.49. The third kappa shape index (κ3) is 2.51. The summed E-state index contributed by atoms with van der Waals surface area (Å²) >= 11 is 6.12. The Labute approximate surface area is 108 Å². The summed E-state index contributed by atoms with van der Waals surface area (Å²) in [6.07, 6.45) is 0. The van der Waals surface area contributed by atoms with Crippen LogP contribution in [-0.2, 0) is 0 Å². The summed E-state index contributed by atoms with van der Waals surface area (Å²) < 4.78 is 39.0. The lowest BCUT2D eigenvalue weighted by atomic mass is 10.0. The number of hydrogen-bond donors (Lipinski definition) is 0. The van der Waals surface area contributed by atoms with Crippen LogP contribution in [0.2, 0.25) is 0 Å². The van der Waals surface area contributed by atoms with E-state index in [9.17, 15) is 13.2 Å². The van der Waals surface area contributed by atoms with Crippen LogP contribution in [0.5, 0.6) is 0 Å². The van der Waals surface area contributed by atoms with Gasteiger partial charge in [-0.25, -0.2) is 13.2 Å². The summed E-state index contributed by atoms with van der Waals surface area (Å²) in [4.78, 5) is 0. The van der Waals surface area contributed by atoms with E-state index in [4.69, 9.17) is 11.6 Å². The molecule has 0 amide bonds. The Morgan fingerprint density at radius 2 is 1.39 bits per heavy atom. The van der Waals surface area contributed by atoms with E-state index < -0.39 is 22.8 Å². The average Bonchev–Trinajstić information content (AvgIpc) is 2.35. The molecule has 18 heavy (non-hydrogen) atoms. The molecule has 0 fully saturated rings. The fourth-order valence-corrected chi connectivity index (χ4v) is 1.92. The van der Waals surface area contributed by atoms with Crippen molar-refractivity contribution in [2.45, 2.75) is 12.3 Å². The smallest absolute Gasteiger partial charge is 0.194 e. The van der Waals surface area contributed by atoms with Gasteiger partial charge in [0.2, 0.25) is 0 Å². The molecule has 1 atom stereocenters. The average molecular weight is 271 g/mol. The Bertz CT molecular complexity index is 541. The zero-order valence-corrected chi connectivity index (χ0v) is 10.3. The summed E-state index contributed by atoms with van der Waals surface area (Å²) in [5.41, 5.74) is 1.95. The molecule has 0 aliphatic rings. The lowest BCUT2D eigenvalue weighted by molar-refractivity contribution is 0.445. The second kappa shape index (κ2) is 5.02. The van der Waals surface area contributed by atoms with Crippen LogP contribution < -0.4 is 0 Å². The molecule has 0 aliphatic carbocycles. The van der Waals surface area contributed by atoms with Gasteiger partial charge in [0.1, 0.15) is 0 Å². The maximum absolute atomic E-state index is 13.1. The van der Waals surface area contributed by atoms with E-state index in [-0.39, 0.29) is 5.56 Å². The van der Waals surface area contributed by atoms with E-state index in [0.717, 1.165) is 17.7 Å². The largest absolute Gasteiger partial charge is 0.204 e. The predicted molar refractivity (Wildman–Crippen MR) is 65.2 cm³/mol. The van der Waals surface area contributed by atoms with Gasteiger partial charge in [-0.15, -0.1) is 11.6 Å². The zero-order valence-electron chi connectivity index (χ0n) is 9.55. The number of alkyl halides is 1. The van der Waals surface area contributed by atoms with Gasteiger partial charge in [0.25, 0.3) is 0 Å². The molecule has 0 aromatic heterocycles. The molecular weight excluding hydrogens is 261 g/mol. The summed E-state index contributed by atoms with van der Waals surface area (Å²) in [6, 6.07) is 9.06. The first-order valence-electron chi connectivity index (χ1n) is 5.34. The van der Waals surface area contributed by atoms with Crippen molar-refractivity contribution >= 4 is 11.6 Å². The normalized spacial score (nSPS) is 12.5. The summed E-state index contributed by atoms with van der Waals surface area (Å²) in [5, 5.41) is -0.713. The van der Waals surface area contributed by atoms with Gasteiger partial charge in [0, 0.05) is 0 Å². The molecule has 0 bridgehead atoms. The van der Waals surface area contributed by atoms with Crippen LogP contribution in [0.3, 0.4) is 0 Å². The lowest BCUT2D eigenvalue weighted by Gasteiger charge is -2.11. The highest BCUT2D eigenvalue weighted by molar-refractivity contribution is 6.22. The summed E-state index contributed by atoms with van der Waals surface area (Å²) in [5.74, 6) is -3.95. The first kappa shape index (κ1) is 13.0. The monoisotopic (exact) mass is 270 g/mol. The SMILES string of the molecule is Cc1ccc(C(Cl)c2cc(F)c(F)c(F)c2)cc1. The molecule has 2 aromatic carbocycles. The molecule has 94 valence electrons. The maximum atomic E-state index is 13.1. The predicted octanol–water partition coefficient (Wildman–Crippen LogP) is 4.74. The minimum atomic E-state index is -1.48. The molecule has 0 saturated heterocycles. The molecule has 0 saturated carbocycles. The zero-order chi connectivity index (χ0) is 13.3. The van der Waals surface area contributed by atoms with Gasteiger partial charge >= 0.3 is 0 Å². The van der Waals surface area contributed by atoms with E-state index in [1.807, 2.05) is 19.1 Å². The summed E-state index contributed by atoms with van der Waals surface area (Å²) in [6.45, 7) is 1.92. The van der Waals surface area contributed by atoms with Crippen LogP contribution >= 0.6 is 11.6 Å².